The molecule has 0 bridgehead atoms. The number of carbonyl (C=O) groups is 2. The van der Waals surface area contributed by atoms with Crippen LogP contribution in [0.1, 0.15) is 23.2 Å². The van der Waals surface area contributed by atoms with Gasteiger partial charge in [0.15, 0.2) is 6.61 Å². The summed E-state index contributed by atoms with van der Waals surface area (Å²) in [5, 5.41) is 15.3. The van der Waals surface area contributed by atoms with Gasteiger partial charge in [-0.05, 0) is 26.0 Å². The first-order valence-corrected chi connectivity index (χ1v) is 8.01. The van der Waals surface area contributed by atoms with Crippen LogP contribution in [0.5, 0.6) is 5.75 Å². The average molecular weight is 347 g/mol. The second-order valence-electron chi connectivity index (χ2n) is 5.00. The maximum absolute atomic E-state index is 11.9. The van der Waals surface area contributed by atoms with Crippen LogP contribution in [0.4, 0.5) is 0 Å². The van der Waals surface area contributed by atoms with Gasteiger partial charge in [0.05, 0.1) is 12.1 Å². The van der Waals surface area contributed by atoms with Crippen molar-refractivity contribution in [2.45, 2.75) is 20.3 Å². The van der Waals surface area contributed by atoms with Gasteiger partial charge in [-0.25, -0.2) is 15.2 Å². The Kier molecular flexibility index (Phi) is 6.02. The standard InChI is InChI=1S/C16H17N3O4S/c1-10-9-24-15(17-10)7-14(20)19-18-11(2)12-4-3-5-13(6-12)23-8-16(21)22/h3-6,9H,7-8H2,1-2H3,(H,19,20)(H,21,22)/b18-11-. The molecule has 0 aliphatic rings. The van der Waals surface area contributed by atoms with Crippen LogP contribution in [0.15, 0.2) is 34.7 Å². The number of hydrogen-bond acceptors (Lipinski definition) is 6. The zero-order valence-electron chi connectivity index (χ0n) is 13.3. The van der Waals surface area contributed by atoms with E-state index in [2.05, 4.69) is 15.5 Å². The van der Waals surface area contributed by atoms with Crippen molar-refractivity contribution in [1.82, 2.24) is 10.4 Å². The van der Waals surface area contributed by atoms with Crippen molar-refractivity contribution >= 4 is 28.9 Å². The highest BCUT2D eigenvalue weighted by atomic mass is 32.1. The highest BCUT2D eigenvalue weighted by Crippen LogP contribution is 2.14. The van der Waals surface area contributed by atoms with Crippen LogP contribution >= 0.6 is 11.3 Å². The topological polar surface area (TPSA) is 101 Å². The van der Waals surface area contributed by atoms with Crippen molar-refractivity contribution in [3.8, 4) is 5.75 Å². The molecular weight excluding hydrogens is 330 g/mol. The monoisotopic (exact) mass is 347 g/mol. The molecule has 0 radical (unpaired) electrons. The van der Waals surface area contributed by atoms with Gasteiger partial charge in [-0.1, -0.05) is 12.1 Å². The number of nitrogens with zero attached hydrogens (tertiary/aromatic N) is 2. The third-order valence-electron chi connectivity index (χ3n) is 2.94. The van der Waals surface area contributed by atoms with Crippen LogP contribution < -0.4 is 10.2 Å². The zero-order valence-corrected chi connectivity index (χ0v) is 14.1. The number of carbonyl (C=O) groups excluding carboxylic acids is 1. The molecule has 126 valence electrons. The number of benzene rings is 1. The van der Waals surface area contributed by atoms with E-state index >= 15 is 0 Å². The number of aromatic nitrogens is 1. The van der Waals surface area contributed by atoms with E-state index in [4.69, 9.17) is 9.84 Å². The van der Waals surface area contributed by atoms with Gasteiger partial charge in [-0.2, -0.15) is 5.10 Å². The fourth-order valence-corrected chi connectivity index (χ4v) is 2.60. The lowest BCUT2D eigenvalue weighted by Crippen LogP contribution is -2.21. The summed E-state index contributed by atoms with van der Waals surface area (Å²) in [6.45, 7) is 3.20. The number of aliphatic carboxylic acids is 1. The fourth-order valence-electron chi connectivity index (χ4n) is 1.83. The highest BCUT2D eigenvalue weighted by molar-refractivity contribution is 7.09. The summed E-state index contributed by atoms with van der Waals surface area (Å²) in [6.07, 6.45) is 0.178. The van der Waals surface area contributed by atoms with E-state index in [-0.39, 0.29) is 12.3 Å². The number of ether oxygens (including phenoxy) is 1. The van der Waals surface area contributed by atoms with Crippen molar-refractivity contribution in [1.29, 1.82) is 0 Å². The Morgan fingerprint density at radius 3 is 2.88 bits per heavy atom. The zero-order chi connectivity index (χ0) is 17.5. The van der Waals surface area contributed by atoms with Gasteiger partial charge in [0, 0.05) is 16.6 Å². The van der Waals surface area contributed by atoms with E-state index < -0.39 is 12.6 Å². The van der Waals surface area contributed by atoms with E-state index in [1.807, 2.05) is 12.3 Å². The van der Waals surface area contributed by atoms with Crippen LogP contribution in [0.3, 0.4) is 0 Å². The molecule has 0 fully saturated rings. The molecule has 0 spiro atoms. The molecular formula is C16H17N3O4S. The molecule has 2 rings (SSSR count). The summed E-state index contributed by atoms with van der Waals surface area (Å²) >= 11 is 1.43. The smallest absolute Gasteiger partial charge is 0.341 e. The molecule has 0 atom stereocenters. The maximum atomic E-state index is 11.9. The van der Waals surface area contributed by atoms with Crippen molar-refractivity contribution in [3.05, 3.63) is 45.9 Å². The number of rotatable bonds is 7. The molecule has 1 aromatic carbocycles. The van der Waals surface area contributed by atoms with Crippen LogP contribution in [0.2, 0.25) is 0 Å². The van der Waals surface area contributed by atoms with Crippen LogP contribution in [-0.2, 0) is 16.0 Å². The summed E-state index contributed by atoms with van der Waals surface area (Å²) in [6, 6.07) is 6.84. The Morgan fingerprint density at radius 1 is 1.42 bits per heavy atom. The number of nitrogens with one attached hydrogen (secondary N) is 1. The fraction of sp³-hybridized carbons (Fsp3) is 0.250. The summed E-state index contributed by atoms with van der Waals surface area (Å²) in [4.78, 5) is 26.6. The minimum absolute atomic E-state index is 0.178. The van der Waals surface area contributed by atoms with Crippen LogP contribution in [-0.4, -0.2) is 34.3 Å². The minimum atomic E-state index is -1.05. The molecule has 7 nitrogen and oxygen atoms in total. The van der Waals surface area contributed by atoms with E-state index in [0.717, 1.165) is 16.3 Å². The Bertz CT molecular complexity index is 770. The first kappa shape index (κ1) is 17.6. The largest absolute Gasteiger partial charge is 0.482 e. The predicted molar refractivity (Wildman–Crippen MR) is 90.5 cm³/mol. The first-order valence-electron chi connectivity index (χ1n) is 7.13. The molecule has 0 unspecified atom stereocenters. The number of hydrazone groups is 1. The predicted octanol–water partition coefficient (Wildman–Crippen LogP) is 2.00. The molecule has 2 aromatic rings. The number of thiazole rings is 1. The lowest BCUT2D eigenvalue weighted by Gasteiger charge is -2.06. The summed E-state index contributed by atoms with van der Waals surface area (Å²) in [5.41, 5.74) is 4.69. The lowest BCUT2D eigenvalue weighted by atomic mass is 10.1. The van der Waals surface area contributed by atoms with E-state index in [9.17, 15) is 9.59 Å². The van der Waals surface area contributed by atoms with Gasteiger partial charge in [0.1, 0.15) is 10.8 Å². The molecule has 1 amide bonds. The molecule has 1 heterocycles. The quantitative estimate of drug-likeness (QED) is 0.589. The normalized spacial score (nSPS) is 11.2. The maximum Gasteiger partial charge on any atom is 0.341 e. The highest BCUT2D eigenvalue weighted by Gasteiger charge is 2.07. The number of aryl methyl sites for hydroxylation is 1. The van der Waals surface area contributed by atoms with Crippen molar-refractivity contribution in [2.75, 3.05) is 6.61 Å². The van der Waals surface area contributed by atoms with Gasteiger partial charge in [0.2, 0.25) is 5.91 Å². The average Bonchev–Trinajstić information content (AvgIpc) is 2.95. The van der Waals surface area contributed by atoms with Gasteiger partial charge in [0.25, 0.3) is 0 Å². The number of amides is 1. The van der Waals surface area contributed by atoms with Gasteiger partial charge < -0.3 is 9.84 Å². The molecule has 24 heavy (non-hydrogen) atoms. The van der Waals surface area contributed by atoms with Gasteiger partial charge >= 0.3 is 5.97 Å². The molecule has 1 aromatic heterocycles. The second kappa shape index (κ2) is 8.21. The van der Waals surface area contributed by atoms with E-state index in [1.54, 1.807) is 31.2 Å². The Hall–Kier alpha value is -2.74. The Balaban J connectivity index is 1.95. The molecule has 0 saturated heterocycles. The Labute approximate surface area is 143 Å². The third kappa shape index (κ3) is 5.47. The van der Waals surface area contributed by atoms with Crippen LogP contribution in [0, 0.1) is 6.92 Å². The third-order valence-corrected chi connectivity index (χ3v) is 3.91. The molecule has 0 aliphatic heterocycles. The van der Waals surface area contributed by atoms with E-state index in [1.165, 1.54) is 11.3 Å². The molecule has 2 N–H and O–H groups in total. The van der Waals surface area contributed by atoms with Gasteiger partial charge in [-0.3, -0.25) is 4.79 Å². The SMILES string of the molecule is C/C(=N/NC(=O)Cc1nc(C)cs1)c1cccc(OCC(=O)O)c1. The lowest BCUT2D eigenvalue weighted by molar-refractivity contribution is -0.139. The number of hydrogen-bond donors (Lipinski definition) is 2. The molecule has 0 saturated carbocycles. The minimum Gasteiger partial charge on any atom is -0.482 e. The molecule has 0 aliphatic carbocycles. The van der Waals surface area contributed by atoms with Crippen molar-refractivity contribution in [2.24, 2.45) is 5.10 Å². The summed E-state index contributed by atoms with van der Waals surface area (Å²) in [5.74, 6) is -0.869. The van der Waals surface area contributed by atoms with E-state index in [0.29, 0.717) is 11.5 Å². The summed E-state index contributed by atoms with van der Waals surface area (Å²) in [7, 11) is 0. The second-order valence-corrected chi connectivity index (χ2v) is 5.94. The first-order chi connectivity index (χ1) is 11.4. The van der Waals surface area contributed by atoms with Crippen LogP contribution in [0.25, 0.3) is 0 Å². The van der Waals surface area contributed by atoms with Crippen molar-refractivity contribution < 1.29 is 19.4 Å². The Morgan fingerprint density at radius 2 is 2.21 bits per heavy atom. The molecule has 8 heteroatoms. The van der Waals surface area contributed by atoms with Crippen molar-refractivity contribution in [3.63, 3.8) is 0 Å². The van der Waals surface area contributed by atoms with Gasteiger partial charge in [-0.15, -0.1) is 11.3 Å². The summed E-state index contributed by atoms with van der Waals surface area (Å²) < 4.78 is 5.12. The number of carboxylic acid groups (broad SMARTS) is 1. The number of carboxylic acids is 1.